The molecule has 0 spiro atoms. The Morgan fingerprint density at radius 1 is 0.958 bits per heavy atom. The number of rotatable bonds is 7. The molecule has 134 valence electrons. The van der Waals surface area contributed by atoms with Crippen molar-refractivity contribution in [1.82, 2.24) is 0 Å². The Bertz CT molecular complexity index is 448. The van der Waals surface area contributed by atoms with Crippen LogP contribution in [0.2, 0.25) is 0 Å². The summed E-state index contributed by atoms with van der Waals surface area (Å²) in [6, 6.07) is 2.09. The van der Waals surface area contributed by atoms with Crippen molar-refractivity contribution in [3.63, 3.8) is 0 Å². The van der Waals surface area contributed by atoms with Gasteiger partial charge in [0.15, 0.2) is 5.57 Å². The number of hydrogen-bond donors (Lipinski definition) is 0. The summed E-state index contributed by atoms with van der Waals surface area (Å²) < 4.78 is 5.71. The molecule has 2 saturated carbocycles. The van der Waals surface area contributed by atoms with Crippen molar-refractivity contribution in [1.29, 1.82) is 5.26 Å². The average molecular weight is 368 g/mol. The molecule has 3 nitrogen and oxygen atoms in total. The predicted octanol–water partition coefficient (Wildman–Crippen LogP) is 5.52. The van der Waals surface area contributed by atoms with Gasteiger partial charge in [-0.15, -0.1) is 23.5 Å². The van der Waals surface area contributed by atoms with Crippen LogP contribution in [0.25, 0.3) is 0 Å². The lowest BCUT2D eigenvalue weighted by atomic mass is 9.91. The molecule has 2 aliphatic carbocycles. The molecule has 0 heterocycles. The van der Waals surface area contributed by atoms with E-state index in [1.54, 1.807) is 23.5 Å². The molecule has 2 rings (SSSR count). The van der Waals surface area contributed by atoms with Crippen LogP contribution in [-0.4, -0.2) is 24.6 Å². The van der Waals surface area contributed by atoms with Gasteiger partial charge in [-0.2, -0.15) is 5.26 Å². The maximum Gasteiger partial charge on any atom is 0.350 e. The van der Waals surface area contributed by atoms with Crippen molar-refractivity contribution < 1.29 is 9.53 Å². The van der Waals surface area contributed by atoms with Crippen molar-refractivity contribution in [2.24, 2.45) is 11.8 Å². The standard InChI is InChI=1S/C19H29NO2S2/c1-22-18(21)17(12-20)19(23-13-15-8-4-2-5-9-15)24-14-16-10-6-3-7-11-16/h15-16H,2-11,13-14H2,1H3. The Balaban J connectivity index is 1.97. The lowest BCUT2D eigenvalue weighted by Crippen LogP contribution is -2.12. The maximum absolute atomic E-state index is 12.0. The van der Waals surface area contributed by atoms with Crippen molar-refractivity contribution in [2.45, 2.75) is 64.2 Å². The molecule has 0 amide bonds. The highest BCUT2D eigenvalue weighted by molar-refractivity contribution is 8.22. The fourth-order valence-corrected chi connectivity index (χ4v) is 6.29. The van der Waals surface area contributed by atoms with E-state index in [4.69, 9.17) is 4.74 Å². The van der Waals surface area contributed by atoms with E-state index in [1.165, 1.54) is 71.3 Å². The molecule has 24 heavy (non-hydrogen) atoms. The summed E-state index contributed by atoms with van der Waals surface area (Å²) in [5.74, 6) is 3.02. The molecule has 0 aromatic rings. The molecule has 0 aromatic heterocycles. The van der Waals surface area contributed by atoms with E-state index in [1.807, 2.05) is 0 Å². The third kappa shape index (κ3) is 6.37. The van der Waals surface area contributed by atoms with Crippen molar-refractivity contribution >= 4 is 29.5 Å². The molecule has 0 aliphatic heterocycles. The minimum atomic E-state index is -0.486. The Labute approximate surface area is 155 Å². The average Bonchev–Trinajstić information content (AvgIpc) is 2.65. The van der Waals surface area contributed by atoms with Crippen LogP contribution >= 0.6 is 23.5 Å². The summed E-state index contributed by atoms with van der Waals surface area (Å²) in [6.45, 7) is 0. The summed E-state index contributed by atoms with van der Waals surface area (Å²) in [5, 5.41) is 9.44. The highest BCUT2D eigenvalue weighted by Gasteiger charge is 2.22. The monoisotopic (exact) mass is 367 g/mol. The normalized spacial score (nSPS) is 19.5. The Morgan fingerprint density at radius 3 is 1.79 bits per heavy atom. The SMILES string of the molecule is COC(=O)C(C#N)=C(SCC1CCCCC1)SCC1CCCCC1. The van der Waals surface area contributed by atoms with Crippen LogP contribution < -0.4 is 0 Å². The van der Waals surface area contributed by atoms with E-state index in [-0.39, 0.29) is 5.57 Å². The zero-order valence-corrected chi connectivity index (χ0v) is 16.4. The van der Waals surface area contributed by atoms with Crippen molar-refractivity contribution in [3.05, 3.63) is 9.81 Å². The molecule has 0 aromatic carbocycles. The third-order valence-electron chi connectivity index (χ3n) is 5.06. The molecule has 0 bridgehead atoms. The molecule has 5 heteroatoms. The minimum Gasteiger partial charge on any atom is -0.465 e. The lowest BCUT2D eigenvalue weighted by Gasteiger charge is -2.23. The second kappa shape index (κ2) is 11.1. The number of methoxy groups -OCH3 is 1. The second-order valence-electron chi connectivity index (χ2n) is 6.90. The van der Waals surface area contributed by atoms with E-state index in [0.29, 0.717) is 0 Å². The molecule has 0 unspecified atom stereocenters. The number of carbonyl (C=O) groups excluding carboxylic acids is 1. The van der Waals surface area contributed by atoms with Crippen LogP contribution in [0.5, 0.6) is 0 Å². The van der Waals surface area contributed by atoms with Gasteiger partial charge in [-0.25, -0.2) is 4.79 Å². The van der Waals surface area contributed by atoms with Gasteiger partial charge in [0, 0.05) is 11.5 Å². The molecule has 2 fully saturated rings. The third-order valence-corrected chi connectivity index (χ3v) is 7.97. The quantitative estimate of drug-likeness (QED) is 0.337. The van der Waals surface area contributed by atoms with Crippen LogP contribution in [-0.2, 0) is 9.53 Å². The first-order valence-electron chi connectivity index (χ1n) is 9.23. The van der Waals surface area contributed by atoms with Gasteiger partial charge in [-0.3, -0.25) is 0 Å². The van der Waals surface area contributed by atoms with Gasteiger partial charge in [0.25, 0.3) is 0 Å². The summed E-state index contributed by atoms with van der Waals surface area (Å²) in [6.07, 6.45) is 13.1. The van der Waals surface area contributed by atoms with E-state index in [0.717, 1.165) is 27.6 Å². The molecule has 0 N–H and O–H groups in total. The maximum atomic E-state index is 12.0. The molecular formula is C19H29NO2S2. The summed E-state index contributed by atoms with van der Waals surface area (Å²) in [4.78, 5) is 12.0. The molecular weight excluding hydrogens is 338 g/mol. The first kappa shape index (κ1) is 19.7. The Kier molecular flexibility index (Phi) is 9.12. The van der Waals surface area contributed by atoms with Crippen LogP contribution in [0.3, 0.4) is 0 Å². The van der Waals surface area contributed by atoms with Crippen molar-refractivity contribution in [2.75, 3.05) is 18.6 Å². The van der Waals surface area contributed by atoms with Gasteiger partial charge in [-0.1, -0.05) is 38.5 Å². The fourth-order valence-electron chi connectivity index (χ4n) is 3.56. The van der Waals surface area contributed by atoms with Gasteiger partial charge in [0.1, 0.15) is 6.07 Å². The van der Waals surface area contributed by atoms with E-state index in [9.17, 15) is 10.1 Å². The van der Waals surface area contributed by atoms with Gasteiger partial charge in [0.05, 0.1) is 11.3 Å². The Hall–Kier alpha value is -0.600. The smallest absolute Gasteiger partial charge is 0.350 e. The molecule has 0 saturated heterocycles. The summed E-state index contributed by atoms with van der Waals surface area (Å²) >= 11 is 3.42. The highest BCUT2D eigenvalue weighted by Crippen LogP contribution is 2.39. The fraction of sp³-hybridized carbons (Fsp3) is 0.789. The second-order valence-corrected chi connectivity index (χ2v) is 9.21. The number of nitrogens with zero attached hydrogens (tertiary/aromatic N) is 1. The van der Waals surface area contributed by atoms with E-state index in [2.05, 4.69) is 6.07 Å². The first-order valence-corrected chi connectivity index (χ1v) is 11.2. The number of hydrogen-bond acceptors (Lipinski definition) is 5. The number of carbonyl (C=O) groups is 1. The molecule has 0 atom stereocenters. The summed E-state index contributed by atoms with van der Waals surface area (Å²) in [5.41, 5.74) is 0.208. The number of ether oxygens (including phenoxy) is 1. The topological polar surface area (TPSA) is 50.1 Å². The van der Waals surface area contributed by atoms with Crippen LogP contribution in [0.4, 0.5) is 0 Å². The van der Waals surface area contributed by atoms with Gasteiger partial charge in [-0.05, 0) is 37.5 Å². The highest BCUT2D eigenvalue weighted by atomic mass is 32.2. The largest absolute Gasteiger partial charge is 0.465 e. The van der Waals surface area contributed by atoms with E-state index < -0.39 is 5.97 Å². The zero-order chi connectivity index (χ0) is 17.2. The number of nitriles is 1. The predicted molar refractivity (Wildman–Crippen MR) is 103 cm³/mol. The first-order chi connectivity index (χ1) is 11.7. The van der Waals surface area contributed by atoms with Crippen LogP contribution in [0, 0.1) is 23.2 Å². The summed E-state index contributed by atoms with van der Waals surface area (Å²) in [7, 11) is 1.36. The number of thioether (sulfide) groups is 2. The minimum absolute atomic E-state index is 0.208. The molecule has 2 aliphatic rings. The number of esters is 1. The van der Waals surface area contributed by atoms with Gasteiger partial charge >= 0.3 is 5.97 Å². The van der Waals surface area contributed by atoms with Crippen LogP contribution in [0.1, 0.15) is 64.2 Å². The van der Waals surface area contributed by atoms with Gasteiger partial charge in [0.2, 0.25) is 0 Å². The van der Waals surface area contributed by atoms with E-state index >= 15 is 0 Å². The molecule has 0 radical (unpaired) electrons. The van der Waals surface area contributed by atoms with Crippen molar-refractivity contribution in [3.8, 4) is 6.07 Å². The lowest BCUT2D eigenvalue weighted by molar-refractivity contribution is -0.135. The Morgan fingerprint density at radius 2 is 1.42 bits per heavy atom. The van der Waals surface area contributed by atoms with Gasteiger partial charge < -0.3 is 4.74 Å². The van der Waals surface area contributed by atoms with Crippen LogP contribution in [0.15, 0.2) is 9.81 Å². The zero-order valence-electron chi connectivity index (χ0n) is 14.7.